The van der Waals surface area contributed by atoms with Crippen molar-refractivity contribution >= 4 is 39.9 Å². The maximum atomic E-state index is 6.17. The molecule has 0 atom stereocenters. The van der Waals surface area contributed by atoms with Crippen LogP contribution in [0, 0.1) is 0 Å². The molecule has 4 aromatic rings. The van der Waals surface area contributed by atoms with Crippen molar-refractivity contribution in [1.82, 2.24) is 15.0 Å². The Kier molecular flexibility index (Phi) is 3.73. The van der Waals surface area contributed by atoms with E-state index in [9.17, 15) is 0 Å². The third-order valence-corrected chi connectivity index (χ3v) is 4.76. The molecule has 114 valence electrons. The van der Waals surface area contributed by atoms with Crippen LogP contribution in [-0.4, -0.2) is 15.0 Å². The lowest BCUT2D eigenvalue weighted by Gasteiger charge is -2.04. The molecule has 0 radical (unpaired) electrons. The van der Waals surface area contributed by atoms with Gasteiger partial charge in [-0.25, -0.2) is 9.97 Å². The van der Waals surface area contributed by atoms with E-state index >= 15 is 0 Å². The highest BCUT2D eigenvalue weighted by atomic mass is 35.5. The normalized spacial score (nSPS) is 11.0. The van der Waals surface area contributed by atoms with Gasteiger partial charge in [0.1, 0.15) is 5.01 Å². The van der Waals surface area contributed by atoms with E-state index in [1.807, 2.05) is 48.0 Å². The van der Waals surface area contributed by atoms with Crippen LogP contribution in [0.15, 0.2) is 54.0 Å². The van der Waals surface area contributed by atoms with E-state index in [1.165, 1.54) is 0 Å². The monoisotopic (exact) mass is 340 g/mol. The average molecular weight is 341 g/mol. The average Bonchev–Trinajstić information content (AvgIpc) is 3.22. The van der Waals surface area contributed by atoms with E-state index in [1.54, 1.807) is 11.3 Å². The van der Waals surface area contributed by atoms with Gasteiger partial charge in [-0.15, -0.1) is 11.3 Å². The van der Waals surface area contributed by atoms with Crippen LogP contribution in [0.1, 0.15) is 5.56 Å². The van der Waals surface area contributed by atoms with E-state index in [2.05, 4.69) is 26.3 Å². The number of nitrogens with one attached hydrogen (secondary N) is 2. The van der Waals surface area contributed by atoms with Gasteiger partial charge in [-0.3, -0.25) is 0 Å². The molecule has 2 aromatic carbocycles. The Morgan fingerprint density at radius 3 is 2.91 bits per heavy atom. The minimum absolute atomic E-state index is 0.624. The molecule has 2 heterocycles. The Balaban J connectivity index is 1.58. The molecule has 0 saturated carbocycles. The summed E-state index contributed by atoms with van der Waals surface area (Å²) in [5.74, 6) is 0.733. The summed E-state index contributed by atoms with van der Waals surface area (Å²) in [6, 6.07) is 13.9. The minimum atomic E-state index is 0.624. The van der Waals surface area contributed by atoms with Crippen molar-refractivity contribution in [3.8, 4) is 10.6 Å². The number of anilines is 1. The number of aromatic amines is 1. The van der Waals surface area contributed by atoms with Crippen LogP contribution >= 0.6 is 22.9 Å². The molecular weight excluding hydrogens is 328 g/mol. The van der Waals surface area contributed by atoms with Crippen LogP contribution in [0.3, 0.4) is 0 Å². The molecule has 0 saturated heterocycles. The summed E-state index contributed by atoms with van der Waals surface area (Å²) in [5, 5.41) is 7.02. The van der Waals surface area contributed by atoms with Gasteiger partial charge in [0, 0.05) is 28.7 Å². The van der Waals surface area contributed by atoms with Gasteiger partial charge < -0.3 is 10.3 Å². The number of halogens is 1. The number of hydrogen-bond donors (Lipinski definition) is 2. The SMILES string of the molecule is Clc1ccccc1CNc1nc2ccc(-c3nccs3)cc2[nH]1. The van der Waals surface area contributed by atoms with Gasteiger partial charge >= 0.3 is 0 Å². The van der Waals surface area contributed by atoms with Gasteiger partial charge in [0.15, 0.2) is 0 Å². The summed E-state index contributed by atoms with van der Waals surface area (Å²) in [5.41, 5.74) is 4.04. The standard InChI is InChI=1S/C17H13ClN4S/c18-13-4-2-1-3-12(13)10-20-17-21-14-6-5-11(9-15(14)22-17)16-19-7-8-23-16/h1-9H,10H2,(H2,20,21,22). The highest BCUT2D eigenvalue weighted by Gasteiger charge is 2.07. The molecule has 4 rings (SSSR count). The summed E-state index contributed by atoms with van der Waals surface area (Å²) in [6.07, 6.45) is 1.81. The summed E-state index contributed by atoms with van der Waals surface area (Å²) < 4.78 is 0. The number of thiazole rings is 1. The zero-order valence-electron chi connectivity index (χ0n) is 12.1. The Morgan fingerprint density at radius 2 is 2.09 bits per heavy atom. The van der Waals surface area contributed by atoms with Gasteiger partial charge in [0.05, 0.1) is 11.0 Å². The predicted octanol–water partition coefficient (Wildman–Crippen LogP) is 4.95. The Morgan fingerprint density at radius 1 is 1.17 bits per heavy atom. The van der Waals surface area contributed by atoms with Gasteiger partial charge in [0.25, 0.3) is 0 Å². The molecule has 2 aromatic heterocycles. The first kappa shape index (κ1) is 14.2. The zero-order valence-corrected chi connectivity index (χ0v) is 13.7. The largest absolute Gasteiger partial charge is 0.352 e. The lowest BCUT2D eigenvalue weighted by molar-refractivity contribution is 1.10. The smallest absolute Gasteiger partial charge is 0.201 e. The molecule has 0 unspecified atom stereocenters. The van der Waals surface area contributed by atoms with Crippen molar-refractivity contribution in [2.75, 3.05) is 5.32 Å². The lowest BCUT2D eigenvalue weighted by atomic mass is 10.2. The molecule has 0 amide bonds. The van der Waals surface area contributed by atoms with Gasteiger partial charge in [-0.05, 0) is 29.8 Å². The highest BCUT2D eigenvalue weighted by molar-refractivity contribution is 7.13. The molecule has 0 bridgehead atoms. The van der Waals surface area contributed by atoms with E-state index in [0.717, 1.165) is 38.1 Å². The molecule has 0 aliphatic carbocycles. The molecule has 0 spiro atoms. The van der Waals surface area contributed by atoms with Crippen molar-refractivity contribution in [2.45, 2.75) is 6.54 Å². The Hall–Kier alpha value is -2.37. The number of hydrogen-bond acceptors (Lipinski definition) is 4. The molecule has 4 nitrogen and oxygen atoms in total. The number of nitrogens with zero attached hydrogens (tertiary/aromatic N) is 2. The maximum Gasteiger partial charge on any atom is 0.201 e. The van der Waals surface area contributed by atoms with Crippen molar-refractivity contribution in [1.29, 1.82) is 0 Å². The number of imidazole rings is 1. The first-order valence-electron chi connectivity index (χ1n) is 7.16. The number of fused-ring (bicyclic) bond motifs is 1. The van der Waals surface area contributed by atoms with Gasteiger partial charge in [-0.2, -0.15) is 0 Å². The van der Waals surface area contributed by atoms with Crippen molar-refractivity contribution in [3.63, 3.8) is 0 Å². The highest BCUT2D eigenvalue weighted by Crippen LogP contribution is 2.26. The van der Waals surface area contributed by atoms with Crippen LogP contribution in [0.2, 0.25) is 5.02 Å². The fourth-order valence-corrected chi connectivity index (χ4v) is 3.25. The first-order chi connectivity index (χ1) is 11.3. The summed E-state index contributed by atoms with van der Waals surface area (Å²) in [6.45, 7) is 0.624. The predicted molar refractivity (Wildman–Crippen MR) is 96.0 cm³/mol. The quantitative estimate of drug-likeness (QED) is 0.552. The van der Waals surface area contributed by atoms with E-state index in [4.69, 9.17) is 11.6 Å². The molecule has 0 aliphatic heterocycles. The summed E-state index contributed by atoms with van der Waals surface area (Å²) in [7, 11) is 0. The summed E-state index contributed by atoms with van der Waals surface area (Å²) >= 11 is 7.80. The van der Waals surface area contributed by atoms with E-state index in [0.29, 0.717) is 6.54 Å². The second-order valence-electron chi connectivity index (χ2n) is 5.10. The van der Waals surface area contributed by atoms with E-state index < -0.39 is 0 Å². The number of H-pyrrole nitrogens is 1. The second kappa shape index (κ2) is 6.02. The van der Waals surface area contributed by atoms with Gasteiger partial charge in [0.2, 0.25) is 5.95 Å². The molecule has 23 heavy (non-hydrogen) atoms. The number of benzene rings is 2. The zero-order chi connectivity index (χ0) is 15.6. The fraction of sp³-hybridized carbons (Fsp3) is 0.0588. The fourth-order valence-electron chi connectivity index (χ4n) is 2.41. The Bertz CT molecular complexity index is 946. The molecule has 0 fully saturated rings. The topological polar surface area (TPSA) is 53.6 Å². The van der Waals surface area contributed by atoms with Crippen LogP contribution in [0.5, 0.6) is 0 Å². The van der Waals surface area contributed by atoms with Crippen molar-refractivity contribution in [3.05, 3.63) is 64.6 Å². The first-order valence-corrected chi connectivity index (χ1v) is 8.42. The van der Waals surface area contributed by atoms with Crippen LogP contribution in [0.25, 0.3) is 21.6 Å². The lowest BCUT2D eigenvalue weighted by Crippen LogP contribution is -2.01. The van der Waals surface area contributed by atoms with Crippen LogP contribution < -0.4 is 5.32 Å². The maximum absolute atomic E-state index is 6.17. The summed E-state index contributed by atoms with van der Waals surface area (Å²) in [4.78, 5) is 12.2. The van der Waals surface area contributed by atoms with Crippen LogP contribution in [-0.2, 0) is 6.54 Å². The Labute approximate surface area is 142 Å². The minimum Gasteiger partial charge on any atom is -0.352 e. The number of aromatic nitrogens is 3. The molecule has 2 N–H and O–H groups in total. The third kappa shape index (κ3) is 2.93. The number of rotatable bonds is 4. The third-order valence-electron chi connectivity index (χ3n) is 3.57. The van der Waals surface area contributed by atoms with E-state index in [-0.39, 0.29) is 0 Å². The molecular formula is C17H13ClN4S. The molecule has 6 heteroatoms. The van der Waals surface area contributed by atoms with Crippen molar-refractivity contribution < 1.29 is 0 Å². The van der Waals surface area contributed by atoms with Crippen LogP contribution in [0.4, 0.5) is 5.95 Å². The van der Waals surface area contributed by atoms with Gasteiger partial charge in [-0.1, -0.05) is 29.8 Å². The molecule has 0 aliphatic rings. The second-order valence-corrected chi connectivity index (χ2v) is 6.40. The van der Waals surface area contributed by atoms with Crippen molar-refractivity contribution in [2.24, 2.45) is 0 Å².